The molecule has 0 aromatic carbocycles. The van der Waals surface area contributed by atoms with Crippen LogP contribution in [0.15, 0.2) is 0 Å². The summed E-state index contributed by atoms with van der Waals surface area (Å²) in [5.74, 6) is 0. The smallest absolute Gasteiger partial charge is 0.0567 e. The first kappa shape index (κ1) is 9.81. The van der Waals surface area contributed by atoms with Crippen LogP contribution in [0.4, 0.5) is 0 Å². The normalized spacial score (nSPS) is 40.6. The monoisotopic (exact) mass is 201 g/mol. The molecule has 0 aliphatic heterocycles. The Balaban J connectivity index is 1.84. The van der Waals surface area contributed by atoms with Gasteiger partial charge in [-0.15, -0.1) is 0 Å². The number of hydrogen-bond acceptors (Lipinski definition) is 3. The summed E-state index contributed by atoms with van der Waals surface area (Å²) in [5.41, 5.74) is 5.78. The third kappa shape index (κ3) is 2.03. The zero-order valence-corrected chi connectivity index (χ0v) is 8.85. The molecular weight excluding hydrogens is 182 g/mol. The van der Waals surface area contributed by atoms with Crippen molar-refractivity contribution in [3.8, 4) is 0 Å². The molecule has 2 nitrogen and oxygen atoms in total. The molecule has 2 aliphatic carbocycles. The van der Waals surface area contributed by atoms with Gasteiger partial charge in [-0.25, -0.2) is 0 Å². The van der Waals surface area contributed by atoms with Crippen LogP contribution >= 0.6 is 11.8 Å². The Labute approximate surface area is 84.3 Å². The molecule has 0 spiro atoms. The van der Waals surface area contributed by atoms with Gasteiger partial charge in [-0.05, 0) is 25.7 Å². The summed E-state index contributed by atoms with van der Waals surface area (Å²) in [7, 11) is 0. The maximum absolute atomic E-state index is 9.32. The van der Waals surface area contributed by atoms with E-state index in [0.717, 1.165) is 24.6 Å². The minimum atomic E-state index is -0.0718. The number of aliphatic hydroxyl groups excluding tert-OH is 1. The molecule has 0 saturated heterocycles. The second-order valence-corrected chi connectivity index (χ2v) is 6.24. The number of thioether (sulfide) groups is 1. The van der Waals surface area contributed by atoms with Gasteiger partial charge in [0.05, 0.1) is 6.10 Å². The van der Waals surface area contributed by atoms with E-state index in [0.29, 0.717) is 0 Å². The fourth-order valence-electron chi connectivity index (χ4n) is 2.47. The van der Waals surface area contributed by atoms with Crippen LogP contribution in [-0.4, -0.2) is 27.8 Å². The Kier molecular flexibility index (Phi) is 2.86. The van der Waals surface area contributed by atoms with Gasteiger partial charge in [-0.1, -0.05) is 12.8 Å². The molecule has 3 N–H and O–H groups in total. The number of rotatable bonds is 3. The van der Waals surface area contributed by atoms with Gasteiger partial charge < -0.3 is 10.8 Å². The summed E-state index contributed by atoms with van der Waals surface area (Å²) in [4.78, 5) is 0. The van der Waals surface area contributed by atoms with E-state index in [4.69, 9.17) is 5.73 Å². The van der Waals surface area contributed by atoms with Crippen LogP contribution in [0.3, 0.4) is 0 Å². The highest BCUT2D eigenvalue weighted by molar-refractivity contribution is 8.01. The molecule has 3 heteroatoms. The third-order valence-electron chi connectivity index (χ3n) is 3.31. The Bertz CT molecular complexity index is 174. The largest absolute Gasteiger partial charge is 0.393 e. The Morgan fingerprint density at radius 1 is 1.31 bits per heavy atom. The van der Waals surface area contributed by atoms with Gasteiger partial charge in [-0.2, -0.15) is 11.8 Å². The second kappa shape index (κ2) is 3.79. The lowest BCUT2D eigenvalue weighted by Gasteiger charge is -2.45. The van der Waals surface area contributed by atoms with Crippen molar-refractivity contribution in [2.75, 3.05) is 6.54 Å². The molecule has 76 valence electrons. The standard InChI is InChI=1S/C10H19NOS/c11-7-10(5-8(12)6-10)13-9-3-1-2-4-9/h8-9,12H,1-7,11H2. The van der Waals surface area contributed by atoms with Crippen LogP contribution in [0.1, 0.15) is 38.5 Å². The fourth-order valence-corrected chi connectivity index (χ4v) is 4.42. The molecule has 2 aliphatic rings. The topological polar surface area (TPSA) is 46.2 Å². The van der Waals surface area contributed by atoms with E-state index < -0.39 is 0 Å². The summed E-state index contributed by atoms with van der Waals surface area (Å²) < 4.78 is 0.244. The predicted molar refractivity (Wildman–Crippen MR) is 56.9 cm³/mol. The summed E-state index contributed by atoms with van der Waals surface area (Å²) in [6, 6.07) is 0. The molecule has 0 aromatic heterocycles. The van der Waals surface area contributed by atoms with E-state index in [1.807, 2.05) is 0 Å². The maximum atomic E-state index is 9.32. The van der Waals surface area contributed by atoms with E-state index in [9.17, 15) is 5.11 Å². The Morgan fingerprint density at radius 2 is 1.92 bits per heavy atom. The van der Waals surface area contributed by atoms with Gasteiger partial charge >= 0.3 is 0 Å². The molecule has 0 heterocycles. The Morgan fingerprint density at radius 3 is 2.38 bits per heavy atom. The fraction of sp³-hybridized carbons (Fsp3) is 1.00. The van der Waals surface area contributed by atoms with Crippen LogP contribution in [0.25, 0.3) is 0 Å². The van der Waals surface area contributed by atoms with E-state index in [-0.39, 0.29) is 10.9 Å². The van der Waals surface area contributed by atoms with Crippen molar-refractivity contribution in [2.45, 2.75) is 54.6 Å². The van der Waals surface area contributed by atoms with Gasteiger partial charge in [0.15, 0.2) is 0 Å². The van der Waals surface area contributed by atoms with E-state index in [1.165, 1.54) is 25.7 Å². The lowest BCUT2D eigenvalue weighted by Crippen LogP contribution is -2.50. The van der Waals surface area contributed by atoms with Crippen LogP contribution in [0.5, 0.6) is 0 Å². The molecule has 13 heavy (non-hydrogen) atoms. The zero-order valence-electron chi connectivity index (χ0n) is 8.04. The van der Waals surface area contributed by atoms with Crippen LogP contribution in [-0.2, 0) is 0 Å². The minimum absolute atomic E-state index is 0.0718. The molecule has 2 saturated carbocycles. The summed E-state index contributed by atoms with van der Waals surface area (Å²) >= 11 is 2.06. The highest BCUT2D eigenvalue weighted by Gasteiger charge is 2.44. The summed E-state index contributed by atoms with van der Waals surface area (Å²) in [6.45, 7) is 0.741. The average molecular weight is 201 g/mol. The first-order valence-electron chi connectivity index (χ1n) is 5.30. The molecule has 0 atom stereocenters. The van der Waals surface area contributed by atoms with Crippen LogP contribution < -0.4 is 5.73 Å². The van der Waals surface area contributed by atoms with Crippen molar-refractivity contribution in [3.63, 3.8) is 0 Å². The first-order valence-corrected chi connectivity index (χ1v) is 6.18. The van der Waals surface area contributed by atoms with Crippen LogP contribution in [0, 0.1) is 0 Å². The van der Waals surface area contributed by atoms with Crippen molar-refractivity contribution in [2.24, 2.45) is 5.73 Å². The van der Waals surface area contributed by atoms with Gasteiger partial charge in [0.25, 0.3) is 0 Å². The van der Waals surface area contributed by atoms with E-state index in [2.05, 4.69) is 11.8 Å². The highest BCUT2D eigenvalue weighted by Crippen LogP contribution is 2.48. The van der Waals surface area contributed by atoms with Gasteiger partial charge in [0, 0.05) is 16.5 Å². The lowest BCUT2D eigenvalue weighted by atomic mass is 9.81. The van der Waals surface area contributed by atoms with Crippen molar-refractivity contribution in [3.05, 3.63) is 0 Å². The lowest BCUT2D eigenvalue weighted by molar-refractivity contribution is 0.0641. The van der Waals surface area contributed by atoms with Gasteiger partial charge in [0.1, 0.15) is 0 Å². The third-order valence-corrected chi connectivity index (χ3v) is 5.11. The first-order chi connectivity index (χ1) is 6.24. The van der Waals surface area contributed by atoms with Crippen molar-refractivity contribution < 1.29 is 5.11 Å². The van der Waals surface area contributed by atoms with Gasteiger partial charge in [0.2, 0.25) is 0 Å². The zero-order chi connectivity index (χ0) is 9.31. The summed E-state index contributed by atoms with van der Waals surface area (Å²) in [6.07, 6.45) is 7.28. The maximum Gasteiger partial charge on any atom is 0.0567 e. The predicted octanol–water partition coefficient (Wildman–Crippen LogP) is 1.51. The molecule has 2 rings (SSSR count). The molecular formula is C10H19NOS. The molecule has 2 fully saturated rings. The number of aliphatic hydroxyl groups is 1. The molecule has 0 aromatic rings. The van der Waals surface area contributed by atoms with Gasteiger partial charge in [-0.3, -0.25) is 0 Å². The molecule has 0 radical (unpaired) electrons. The average Bonchev–Trinajstić information content (AvgIpc) is 2.53. The van der Waals surface area contributed by atoms with E-state index >= 15 is 0 Å². The quantitative estimate of drug-likeness (QED) is 0.727. The highest BCUT2D eigenvalue weighted by atomic mass is 32.2. The molecule has 0 amide bonds. The summed E-state index contributed by atoms with van der Waals surface area (Å²) in [5, 5.41) is 10.1. The van der Waals surface area contributed by atoms with Crippen molar-refractivity contribution in [1.29, 1.82) is 0 Å². The number of nitrogens with two attached hydrogens (primary N) is 1. The molecule has 0 unspecified atom stereocenters. The van der Waals surface area contributed by atoms with Crippen molar-refractivity contribution in [1.82, 2.24) is 0 Å². The Hall–Kier alpha value is 0.270. The van der Waals surface area contributed by atoms with Crippen LogP contribution in [0.2, 0.25) is 0 Å². The minimum Gasteiger partial charge on any atom is -0.393 e. The molecule has 0 bridgehead atoms. The van der Waals surface area contributed by atoms with E-state index in [1.54, 1.807) is 0 Å². The number of hydrogen-bond donors (Lipinski definition) is 2. The van der Waals surface area contributed by atoms with Crippen molar-refractivity contribution >= 4 is 11.8 Å². The second-order valence-electron chi connectivity index (χ2n) is 4.47. The SMILES string of the molecule is NCC1(SC2CCCC2)CC(O)C1.